The Morgan fingerprint density at radius 1 is 1.06 bits per heavy atom. The standard InChI is InChI=1S/C27H32N6O2/c1-2-20(16-34)30-27-31-25(24-26(32-27)33(17-29-24)21-7-3-4-8-21)28-15-18-11-13-19(14-12-18)22-9-5-6-10-23(22)35/h5-6,9-14,17,20-21,34-35H,2-4,7-8,15-16H2,1H3,(H2,28,30,31,32)/t20-/m1/s1. The second-order valence-electron chi connectivity index (χ2n) is 9.16. The molecule has 1 aliphatic rings. The first kappa shape index (κ1) is 23.1. The first-order valence-corrected chi connectivity index (χ1v) is 12.4. The molecule has 4 N–H and O–H groups in total. The number of phenolic OH excluding ortho intramolecular Hbond substituents is 1. The highest BCUT2D eigenvalue weighted by atomic mass is 16.3. The van der Waals surface area contributed by atoms with Crippen molar-refractivity contribution >= 4 is 22.9 Å². The van der Waals surface area contributed by atoms with E-state index < -0.39 is 0 Å². The molecule has 0 radical (unpaired) electrons. The third-order valence-corrected chi connectivity index (χ3v) is 6.81. The van der Waals surface area contributed by atoms with Gasteiger partial charge in [0.1, 0.15) is 5.75 Å². The monoisotopic (exact) mass is 472 g/mol. The van der Waals surface area contributed by atoms with Gasteiger partial charge in [0.2, 0.25) is 5.95 Å². The van der Waals surface area contributed by atoms with Gasteiger partial charge in [-0.2, -0.15) is 9.97 Å². The van der Waals surface area contributed by atoms with Crippen LogP contribution in [0.4, 0.5) is 11.8 Å². The summed E-state index contributed by atoms with van der Waals surface area (Å²) in [5.74, 6) is 1.44. The van der Waals surface area contributed by atoms with Crippen LogP contribution in [0.25, 0.3) is 22.3 Å². The van der Waals surface area contributed by atoms with Crippen molar-refractivity contribution in [3.63, 3.8) is 0 Å². The van der Waals surface area contributed by atoms with Gasteiger partial charge in [0.25, 0.3) is 0 Å². The van der Waals surface area contributed by atoms with E-state index in [0.29, 0.717) is 24.4 Å². The van der Waals surface area contributed by atoms with Crippen molar-refractivity contribution in [3.05, 3.63) is 60.4 Å². The lowest BCUT2D eigenvalue weighted by Gasteiger charge is -2.17. The molecule has 1 saturated carbocycles. The zero-order chi connectivity index (χ0) is 24.2. The number of benzene rings is 2. The second kappa shape index (κ2) is 10.3. The maximum atomic E-state index is 10.1. The number of fused-ring (bicyclic) bond motifs is 1. The molecule has 0 amide bonds. The van der Waals surface area contributed by atoms with Crippen molar-refractivity contribution < 1.29 is 10.2 Å². The maximum absolute atomic E-state index is 10.1. The minimum atomic E-state index is -0.106. The number of imidazole rings is 1. The van der Waals surface area contributed by atoms with Gasteiger partial charge >= 0.3 is 0 Å². The van der Waals surface area contributed by atoms with Crippen LogP contribution in [0, 0.1) is 0 Å². The van der Waals surface area contributed by atoms with Crippen LogP contribution in [0.2, 0.25) is 0 Å². The topological polar surface area (TPSA) is 108 Å². The van der Waals surface area contributed by atoms with Crippen molar-refractivity contribution in [1.29, 1.82) is 0 Å². The second-order valence-corrected chi connectivity index (χ2v) is 9.16. The lowest BCUT2D eigenvalue weighted by Crippen LogP contribution is -2.24. The average Bonchev–Trinajstić information content (AvgIpc) is 3.56. The van der Waals surface area contributed by atoms with Gasteiger partial charge in [-0.3, -0.25) is 0 Å². The van der Waals surface area contributed by atoms with E-state index in [4.69, 9.17) is 9.97 Å². The van der Waals surface area contributed by atoms with Crippen LogP contribution >= 0.6 is 0 Å². The Morgan fingerprint density at radius 2 is 1.83 bits per heavy atom. The summed E-state index contributed by atoms with van der Waals surface area (Å²) in [5, 5.41) is 26.5. The molecule has 8 heteroatoms. The van der Waals surface area contributed by atoms with Crippen LogP contribution in [-0.2, 0) is 6.54 Å². The van der Waals surface area contributed by atoms with Crippen LogP contribution in [0.3, 0.4) is 0 Å². The fourth-order valence-electron chi connectivity index (χ4n) is 4.72. The molecule has 0 aliphatic heterocycles. The number of hydrogen-bond donors (Lipinski definition) is 4. The third-order valence-electron chi connectivity index (χ3n) is 6.81. The van der Waals surface area contributed by atoms with Crippen molar-refractivity contribution in [3.8, 4) is 16.9 Å². The van der Waals surface area contributed by atoms with Crippen molar-refractivity contribution in [2.24, 2.45) is 0 Å². The SMILES string of the molecule is CC[C@H](CO)Nc1nc(NCc2ccc(-c3ccccc3O)cc2)c2ncn(C3CCCC3)c2n1. The molecule has 2 aromatic heterocycles. The molecule has 4 aromatic rings. The van der Waals surface area contributed by atoms with Gasteiger partial charge in [-0.05, 0) is 36.5 Å². The van der Waals surface area contributed by atoms with Gasteiger partial charge in [-0.25, -0.2) is 4.98 Å². The molecule has 0 bridgehead atoms. The smallest absolute Gasteiger partial charge is 0.227 e. The summed E-state index contributed by atoms with van der Waals surface area (Å²) in [6.07, 6.45) is 7.38. The number of nitrogens with one attached hydrogen (secondary N) is 2. The summed E-state index contributed by atoms with van der Waals surface area (Å²) in [6.45, 7) is 2.61. The van der Waals surface area contributed by atoms with Gasteiger partial charge in [-0.1, -0.05) is 62.2 Å². The van der Waals surface area contributed by atoms with E-state index in [1.807, 2.05) is 55.7 Å². The highest BCUT2D eigenvalue weighted by Crippen LogP contribution is 2.33. The zero-order valence-corrected chi connectivity index (χ0v) is 20.0. The molecular weight excluding hydrogens is 440 g/mol. The number of para-hydroxylation sites is 1. The van der Waals surface area contributed by atoms with Crippen molar-refractivity contribution in [2.75, 3.05) is 17.2 Å². The maximum Gasteiger partial charge on any atom is 0.227 e. The predicted octanol–water partition coefficient (Wildman–Crippen LogP) is 5.11. The molecule has 0 unspecified atom stereocenters. The summed E-state index contributed by atoms with van der Waals surface area (Å²) >= 11 is 0. The number of anilines is 2. The molecule has 0 spiro atoms. The largest absolute Gasteiger partial charge is 0.507 e. The normalized spacial score (nSPS) is 14.9. The Morgan fingerprint density at radius 3 is 2.54 bits per heavy atom. The molecule has 2 aromatic carbocycles. The number of nitrogens with zero attached hydrogens (tertiary/aromatic N) is 4. The van der Waals surface area contributed by atoms with Crippen LogP contribution in [0.15, 0.2) is 54.9 Å². The highest BCUT2D eigenvalue weighted by Gasteiger charge is 2.22. The first-order valence-electron chi connectivity index (χ1n) is 12.4. The van der Waals surface area contributed by atoms with Crippen LogP contribution < -0.4 is 10.6 Å². The van der Waals surface area contributed by atoms with Gasteiger partial charge in [0.05, 0.1) is 19.0 Å². The lowest BCUT2D eigenvalue weighted by atomic mass is 10.0. The molecular formula is C27H32N6O2. The Bertz CT molecular complexity index is 1280. The molecule has 5 rings (SSSR count). The van der Waals surface area contributed by atoms with Gasteiger partial charge in [0.15, 0.2) is 17.0 Å². The van der Waals surface area contributed by atoms with E-state index >= 15 is 0 Å². The average molecular weight is 473 g/mol. The van der Waals surface area contributed by atoms with Crippen molar-refractivity contribution in [1.82, 2.24) is 19.5 Å². The van der Waals surface area contributed by atoms with Crippen molar-refractivity contribution in [2.45, 2.75) is 57.7 Å². The summed E-state index contributed by atoms with van der Waals surface area (Å²) in [6, 6.07) is 15.8. The fourth-order valence-corrected chi connectivity index (χ4v) is 4.72. The molecule has 1 aliphatic carbocycles. The van der Waals surface area contributed by atoms with Gasteiger partial charge < -0.3 is 25.4 Å². The minimum absolute atomic E-state index is 0.0197. The van der Waals surface area contributed by atoms with E-state index in [0.717, 1.165) is 47.1 Å². The number of aliphatic hydroxyl groups excluding tert-OH is 1. The summed E-state index contributed by atoms with van der Waals surface area (Å²) in [7, 11) is 0. The van der Waals surface area contributed by atoms with Gasteiger partial charge in [-0.15, -0.1) is 0 Å². The van der Waals surface area contributed by atoms with Crippen LogP contribution in [-0.4, -0.2) is 42.4 Å². The molecule has 1 fully saturated rings. The van der Waals surface area contributed by atoms with Crippen LogP contribution in [0.1, 0.15) is 50.6 Å². The molecule has 0 saturated heterocycles. The number of phenols is 1. The highest BCUT2D eigenvalue weighted by molar-refractivity contribution is 5.84. The predicted molar refractivity (Wildman–Crippen MR) is 138 cm³/mol. The summed E-state index contributed by atoms with van der Waals surface area (Å²) in [4.78, 5) is 14.2. The molecule has 2 heterocycles. The van der Waals surface area contributed by atoms with Crippen LogP contribution in [0.5, 0.6) is 5.75 Å². The molecule has 35 heavy (non-hydrogen) atoms. The molecule has 182 valence electrons. The number of aliphatic hydroxyl groups is 1. The molecule has 8 nitrogen and oxygen atoms in total. The third kappa shape index (κ3) is 4.93. The zero-order valence-electron chi connectivity index (χ0n) is 20.0. The number of rotatable bonds is 9. The van der Waals surface area contributed by atoms with E-state index in [9.17, 15) is 10.2 Å². The number of aromatic nitrogens is 4. The Hall–Kier alpha value is -3.65. The van der Waals surface area contributed by atoms with E-state index in [2.05, 4.69) is 20.2 Å². The van der Waals surface area contributed by atoms with E-state index in [-0.39, 0.29) is 18.4 Å². The van der Waals surface area contributed by atoms with E-state index in [1.165, 1.54) is 12.8 Å². The minimum Gasteiger partial charge on any atom is -0.507 e. The van der Waals surface area contributed by atoms with E-state index in [1.54, 1.807) is 6.07 Å². The Kier molecular flexibility index (Phi) is 6.81. The lowest BCUT2D eigenvalue weighted by molar-refractivity contribution is 0.271. The number of hydrogen-bond acceptors (Lipinski definition) is 7. The van der Waals surface area contributed by atoms with Gasteiger partial charge in [0, 0.05) is 18.2 Å². The summed E-state index contributed by atoms with van der Waals surface area (Å²) < 4.78 is 2.18. The Labute approximate surface area is 205 Å². The number of aromatic hydroxyl groups is 1. The fraction of sp³-hybridized carbons (Fsp3) is 0.370. The Balaban J connectivity index is 1.41. The quantitative estimate of drug-likeness (QED) is 0.268. The first-order chi connectivity index (χ1) is 17.2. The molecule has 1 atom stereocenters. The summed E-state index contributed by atoms with van der Waals surface area (Å²) in [5.41, 5.74) is 4.44.